The fourth-order valence-electron chi connectivity index (χ4n) is 2.02. The lowest BCUT2D eigenvalue weighted by Gasteiger charge is -2.18. The van der Waals surface area contributed by atoms with Gasteiger partial charge in [-0.05, 0) is 37.6 Å². The summed E-state index contributed by atoms with van der Waals surface area (Å²) in [5, 5.41) is 6.64. The first-order valence-electron chi connectivity index (χ1n) is 6.98. The molecular weight excluding hydrogens is 300 g/mol. The Hall–Kier alpha value is -2.20. The smallest absolute Gasteiger partial charge is 0.246 e. The first-order chi connectivity index (χ1) is 10.5. The molecule has 4 nitrogen and oxygen atoms in total. The van der Waals surface area contributed by atoms with Crippen molar-refractivity contribution in [2.75, 3.05) is 17.7 Å². The van der Waals surface area contributed by atoms with Gasteiger partial charge in [0, 0.05) is 16.8 Å². The lowest BCUT2D eigenvalue weighted by molar-refractivity contribution is -0.116. The molecule has 2 rings (SSSR count). The Kier molecular flexibility index (Phi) is 5.28. The summed E-state index contributed by atoms with van der Waals surface area (Å²) in [7, 11) is 1.57. The van der Waals surface area contributed by atoms with Crippen LogP contribution in [0.5, 0.6) is 5.75 Å². The van der Waals surface area contributed by atoms with Crippen molar-refractivity contribution in [2.45, 2.75) is 19.9 Å². The first-order valence-corrected chi connectivity index (χ1v) is 7.35. The van der Waals surface area contributed by atoms with Gasteiger partial charge in [-0.2, -0.15) is 0 Å². The van der Waals surface area contributed by atoms with E-state index in [0.29, 0.717) is 10.8 Å². The highest BCUT2D eigenvalue weighted by Crippen LogP contribution is 2.31. The number of benzene rings is 2. The van der Waals surface area contributed by atoms with Crippen molar-refractivity contribution in [3.8, 4) is 5.75 Å². The van der Waals surface area contributed by atoms with E-state index in [2.05, 4.69) is 10.6 Å². The SMILES string of the molecule is COc1cc(Cl)c(C)cc1N[C@H](C)C(=O)Nc1ccccc1. The van der Waals surface area contributed by atoms with Gasteiger partial charge in [0.1, 0.15) is 11.8 Å². The number of rotatable bonds is 5. The topological polar surface area (TPSA) is 50.4 Å². The van der Waals surface area contributed by atoms with Gasteiger partial charge in [-0.3, -0.25) is 4.79 Å². The molecule has 0 heterocycles. The zero-order valence-corrected chi connectivity index (χ0v) is 13.6. The molecule has 2 aromatic carbocycles. The number of nitrogens with one attached hydrogen (secondary N) is 2. The zero-order chi connectivity index (χ0) is 16.1. The normalized spacial score (nSPS) is 11.6. The number of aryl methyl sites for hydroxylation is 1. The van der Waals surface area contributed by atoms with Crippen LogP contribution in [-0.4, -0.2) is 19.1 Å². The van der Waals surface area contributed by atoms with Crippen molar-refractivity contribution in [3.63, 3.8) is 0 Å². The quantitative estimate of drug-likeness (QED) is 0.872. The maximum atomic E-state index is 12.2. The van der Waals surface area contributed by atoms with E-state index in [1.165, 1.54) is 0 Å². The van der Waals surface area contributed by atoms with Gasteiger partial charge in [0.15, 0.2) is 0 Å². The molecule has 0 spiro atoms. The lowest BCUT2D eigenvalue weighted by atomic mass is 10.2. The number of carbonyl (C=O) groups is 1. The van der Waals surface area contributed by atoms with Crippen molar-refractivity contribution >= 4 is 28.9 Å². The average Bonchev–Trinajstić information content (AvgIpc) is 2.51. The molecule has 0 radical (unpaired) electrons. The maximum absolute atomic E-state index is 12.2. The van der Waals surface area contributed by atoms with Crippen LogP contribution >= 0.6 is 11.6 Å². The molecule has 1 amide bonds. The third-order valence-electron chi connectivity index (χ3n) is 3.29. The number of anilines is 2. The summed E-state index contributed by atoms with van der Waals surface area (Å²) in [6, 6.07) is 12.5. The molecule has 1 atom stereocenters. The second-order valence-electron chi connectivity index (χ2n) is 5.02. The van der Waals surface area contributed by atoms with Gasteiger partial charge < -0.3 is 15.4 Å². The van der Waals surface area contributed by atoms with Crippen molar-refractivity contribution in [1.29, 1.82) is 0 Å². The fraction of sp³-hybridized carbons (Fsp3) is 0.235. The fourth-order valence-corrected chi connectivity index (χ4v) is 2.17. The summed E-state index contributed by atoms with van der Waals surface area (Å²) in [6.45, 7) is 3.70. The summed E-state index contributed by atoms with van der Waals surface area (Å²) in [5.41, 5.74) is 2.42. The van der Waals surface area contributed by atoms with Gasteiger partial charge in [0.25, 0.3) is 0 Å². The van der Waals surface area contributed by atoms with Crippen LogP contribution in [-0.2, 0) is 4.79 Å². The molecule has 2 N–H and O–H groups in total. The van der Waals surface area contributed by atoms with E-state index in [1.54, 1.807) is 20.1 Å². The Morgan fingerprint density at radius 1 is 1.23 bits per heavy atom. The van der Waals surface area contributed by atoms with Crippen LogP contribution in [0.4, 0.5) is 11.4 Å². The van der Waals surface area contributed by atoms with E-state index >= 15 is 0 Å². The largest absolute Gasteiger partial charge is 0.495 e. The minimum absolute atomic E-state index is 0.124. The van der Waals surface area contributed by atoms with E-state index in [0.717, 1.165) is 16.9 Å². The van der Waals surface area contributed by atoms with Crippen molar-refractivity contribution in [2.24, 2.45) is 0 Å². The first kappa shape index (κ1) is 16.2. The molecule has 0 aromatic heterocycles. The Morgan fingerprint density at radius 3 is 2.55 bits per heavy atom. The number of methoxy groups -OCH3 is 1. The standard InChI is InChI=1S/C17H19ClN2O2/c1-11-9-15(16(22-3)10-14(11)18)19-12(2)17(21)20-13-7-5-4-6-8-13/h4-10,12,19H,1-3H3,(H,20,21)/t12-/m1/s1. The highest BCUT2D eigenvalue weighted by molar-refractivity contribution is 6.31. The number of amides is 1. The number of hydrogen-bond donors (Lipinski definition) is 2. The maximum Gasteiger partial charge on any atom is 0.246 e. The Bertz CT molecular complexity index is 659. The molecule has 22 heavy (non-hydrogen) atoms. The highest BCUT2D eigenvalue weighted by Gasteiger charge is 2.15. The Labute approximate surface area is 135 Å². The van der Waals surface area contributed by atoms with Crippen molar-refractivity contribution < 1.29 is 9.53 Å². The number of halogens is 1. The summed E-state index contributed by atoms with van der Waals surface area (Å²) in [5.74, 6) is 0.482. The van der Waals surface area contributed by atoms with Crippen LogP contribution in [0.25, 0.3) is 0 Å². The zero-order valence-electron chi connectivity index (χ0n) is 12.8. The third kappa shape index (κ3) is 3.92. The van der Waals surface area contributed by atoms with Crippen molar-refractivity contribution in [3.05, 3.63) is 53.1 Å². The molecule has 0 saturated heterocycles. The third-order valence-corrected chi connectivity index (χ3v) is 3.69. The molecule has 116 valence electrons. The Morgan fingerprint density at radius 2 is 1.91 bits per heavy atom. The van der Waals surface area contributed by atoms with Crippen LogP contribution in [0.3, 0.4) is 0 Å². The van der Waals surface area contributed by atoms with E-state index in [4.69, 9.17) is 16.3 Å². The molecule has 0 bridgehead atoms. The summed E-state index contributed by atoms with van der Waals surface area (Å²) < 4.78 is 5.30. The minimum atomic E-state index is -0.422. The van der Waals surface area contributed by atoms with Gasteiger partial charge in [-0.1, -0.05) is 29.8 Å². The number of carbonyl (C=O) groups excluding carboxylic acids is 1. The highest BCUT2D eigenvalue weighted by atomic mass is 35.5. The molecule has 2 aromatic rings. The molecule has 5 heteroatoms. The van der Waals surface area contributed by atoms with Crippen molar-refractivity contribution in [1.82, 2.24) is 0 Å². The van der Waals surface area contributed by atoms with Crippen LogP contribution in [0.2, 0.25) is 5.02 Å². The molecule has 0 aliphatic carbocycles. The minimum Gasteiger partial charge on any atom is -0.495 e. The van der Waals surface area contributed by atoms with Crippen LogP contribution < -0.4 is 15.4 Å². The van der Waals surface area contributed by atoms with Gasteiger partial charge >= 0.3 is 0 Å². The summed E-state index contributed by atoms with van der Waals surface area (Å²) in [4.78, 5) is 12.2. The number of ether oxygens (including phenoxy) is 1. The summed E-state index contributed by atoms with van der Waals surface area (Å²) in [6.07, 6.45) is 0. The number of para-hydroxylation sites is 1. The van der Waals surface area contributed by atoms with Gasteiger partial charge in [0.05, 0.1) is 12.8 Å². The molecule has 0 aliphatic heterocycles. The summed E-state index contributed by atoms with van der Waals surface area (Å²) >= 11 is 6.08. The van der Waals surface area contributed by atoms with Crippen LogP contribution in [0.1, 0.15) is 12.5 Å². The van der Waals surface area contributed by atoms with Crippen LogP contribution in [0.15, 0.2) is 42.5 Å². The second kappa shape index (κ2) is 7.18. The number of hydrogen-bond acceptors (Lipinski definition) is 3. The average molecular weight is 319 g/mol. The Balaban J connectivity index is 2.10. The molecular formula is C17H19ClN2O2. The van der Waals surface area contributed by atoms with Gasteiger partial charge in [-0.25, -0.2) is 0 Å². The molecule has 0 saturated carbocycles. The predicted octanol–water partition coefficient (Wildman–Crippen LogP) is 4.10. The molecule has 0 fully saturated rings. The van der Waals surface area contributed by atoms with Crippen LogP contribution in [0, 0.1) is 6.92 Å². The monoisotopic (exact) mass is 318 g/mol. The van der Waals surface area contributed by atoms with E-state index in [-0.39, 0.29) is 5.91 Å². The van der Waals surface area contributed by atoms with Gasteiger partial charge in [0.2, 0.25) is 5.91 Å². The molecule has 0 unspecified atom stereocenters. The van der Waals surface area contributed by atoms with E-state index in [9.17, 15) is 4.79 Å². The van der Waals surface area contributed by atoms with E-state index in [1.807, 2.05) is 43.3 Å². The molecule has 0 aliphatic rings. The lowest BCUT2D eigenvalue weighted by Crippen LogP contribution is -2.32. The van der Waals surface area contributed by atoms with E-state index < -0.39 is 6.04 Å². The van der Waals surface area contributed by atoms with Gasteiger partial charge in [-0.15, -0.1) is 0 Å². The predicted molar refractivity (Wildman–Crippen MR) is 90.9 cm³/mol. The second-order valence-corrected chi connectivity index (χ2v) is 5.43.